The maximum Gasteiger partial charge on any atom is 0.259 e. The fraction of sp³-hybridized carbons (Fsp3) is 0.267. The molecule has 3 rings (SSSR count). The highest BCUT2D eigenvalue weighted by molar-refractivity contribution is 6.06. The van der Waals surface area contributed by atoms with Crippen molar-refractivity contribution in [1.82, 2.24) is 0 Å². The van der Waals surface area contributed by atoms with Crippen LogP contribution in [0.3, 0.4) is 0 Å². The van der Waals surface area contributed by atoms with Gasteiger partial charge in [-0.1, -0.05) is 0 Å². The first-order valence-electron chi connectivity index (χ1n) is 6.41. The summed E-state index contributed by atoms with van der Waals surface area (Å²) in [6.45, 7) is 4.68. The van der Waals surface area contributed by atoms with E-state index in [-0.39, 0.29) is 5.91 Å². The Morgan fingerprint density at radius 2 is 1.90 bits per heavy atom. The van der Waals surface area contributed by atoms with Gasteiger partial charge < -0.3 is 19.2 Å². The molecule has 5 heteroatoms. The zero-order valence-corrected chi connectivity index (χ0v) is 11.4. The maximum absolute atomic E-state index is 12.2. The number of rotatable bonds is 2. The molecule has 0 saturated heterocycles. The molecular formula is C15H15NO4. The number of carbonyl (C=O) groups is 1. The summed E-state index contributed by atoms with van der Waals surface area (Å²) in [7, 11) is 0. The summed E-state index contributed by atoms with van der Waals surface area (Å²) in [5, 5.41) is 2.84. The number of furan rings is 1. The molecule has 104 valence electrons. The first kappa shape index (κ1) is 12.6. The van der Waals surface area contributed by atoms with E-state index in [1.54, 1.807) is 31.4 Å². The van der Waals surface area contributed by atoms with Crippen molar-refractivity contribution >= 4 is 11.6 Å². The van der Waals surface area contributed by atoms with E-state index in [0.29, 0.717) is 41.7 Å². The molecule has 5 nitrogen and oxygen atoms in total. The Kier molecular flexibility index (Phi) is 3.10. The first-order chi connectivity index (χ1) is 9.65. The van der Waals surface area contributed by atoms with E-state index >= 15 is 0 Å². The van der Waals surface area contributed by atoms with Crippen molar-refractivity contribution in [3.8, 4) is 11.5 Å². The fourth-order valence-corrected chi connectivity index (χ4v) is 2.23. The molecule has 0 saturated carbocycles. The highest BCUT2D eigenvalue weighted by atomic mass is 16.6. The molecule has 1 aliphatic rings. The van der Waals surface area contributed by atoms with Crippen molar-refractivity contribution in [3.05, 3.63) is 41.3 Å². The summed E-state index contributed by atoms with van der Waals surface area (Å²) in [6, 6.07) is 5.34. The molecule has 2 aromatic rings. The van der Waals surface area contributed by atoms with Gasteiger partial charge in [0.05, 0.1) is 11.8 Å². The summed E-state index contributed by atoms with van der Waals surface area (Å²) in [5.74, 6) is 1.77. The predicted octanol–water partition coefficient (Wildman–Crippen LogP) is 2.92. The average molecular weight is 273 g/mol. The molecule has 0 fully saturated rings. The Morgan fingerprint density at radius 3 is 2.60 bits per heavy atom. The number of hydrogen-bond acceptors (Lipinski definition) is 4. The Balaban J connectivity index is 1.83. The molecule has 1 aromatic heterocycles. The van der Waals surface area contributed by atoms with Crippen LogP contribution in [0.5, 0.6) is 11.5 Å². The molecule has 1 aromatic carbocycles. The smallest absolute Gasteiger partial charge is 0.259 e. The lowest BCUT2D eigenvalue weighted by Gasteiger charge is -2.19. The molecule has 0 spiro atoms. The third-order valence-electron chi connectivity index (χ3n) is 3.19. The van der Waals surface area contributed by atoms with Crippen LogP contribution in [0, 0.1) is 13.8 Å². The number of nitrogens with one attached hydrogen (secondary N) is 1. The lowest BCUT2D eigenvalue weighted by Crippen LogP contribution is -2.17. The van der Waals surface area contributed by atoms with E-state index in [4.69, 9.17) is 13.9 Å². The van der Waals surface area contributed by atoms with E-state index in [9.17, 15) is 4.79 Å². The number of carbonyl (C=O) groups excluding carboxylic acids is 1. The zero-order valence-electron chi connectivity index (χ0n) is 11.4. The summed E-state index contributed by atoms with van der Waals surface area (Å²) in [4.78, 5) is 12.2. The minimum Gasteiger partial charge on any atom is -0.486 e. The Bertz CT molecular complexity index is 640. The summed E-state index contributed by atoms with van der Waals surface area (Å²) in [6.07, 6.45) is 1.58. The Morgan fingerprint density at radius 1 is 1.15 bits per heavy atom. The lowest BCUT2D eigenvalue weighted by atomic mass is 10.1. The number of aryl methyl sites for hydroxylation is 2. The van der Waals surface area contributed by atoms with Crippen LogP contribution in [0.2, 0.25) is 0 Å². The van der Waals surface area contributed by atoms with E-state index < -0.39 is 0 Å². The second-order valence-electron chi connectivity index (χ2n) is 4.66. The highest BCUT2D eigenvalue weighted by Gasteiger charge is 2.17. The number of amides is 1. The number of benzene rings is 1. The maximum atomic E-state index is 12.2. The van der Waals surface area contributed by atoms with Crippen LogP contribution >= 0.6 is 0 Å². The number of anilines is 1. The van der Waals surface area contributed by atoms with Gasteiger partial charge in [0, 0.05) is 17.3 Å². The van der Waals surface area contributed by atoms with Crippen molar-refractivity contribution < 1.29 is 18.7 Å². The molecule has 20 heavy (non-hydrogen) atoms. The van der Waals surface area contributed by atoms with Gasteiger partial charge in [-0.15, -0.1) is 0 Å². The van der Waals surface area contributed by atoms with Crippen LogP contribution < -0.4 is 14.8 Å². The lowest BCUT2D eigenvalue weighted by molar-refractivity contribution is 0.102. The molecular weight excluding hydrogens is 258 g/mol. The summed E-state index contributed by atoms with van der Waals surface area (Å²) in [5.41, 5.74) is 2.05. The fourth-order valence-electron chi connectivity index (χ4n) is 2.23. The minimum absolute atomic E-state index is 0.189. The third kappa shape index (κ3) is 2.22. The van der Waals surface area contributed by atoms with Crippen LogP contribution in [-0.4, -0.2) is 19.1 Å². The Hall–Kier alpha value is -2.43. The van der Waals surface area contributed by atoms with Crippen LogP contribution in [0.25, 0.3) is 0 Å². The topological polar surface area (TPSA) is 60.7 Å². The van der Waals surface area contributed by atoms with Crippen molar-refractivity contribution in [3.63, 3.8) is 0 Å². The molecule has 0 atom stereocenters. The van der Waals surface area contributed by atoms with E-state index in [2.05, 4.69) is 5.32 Å². The van der Waals surface area contributed by atoms with Gasteiger partial charge in [0.2, 0.25) is 0 Å². The molecule has 2 heterocycles. The quantitative estimate of drug-likeness (QED) is 0.914. The number of fused-ring (bicyclic) bond motifs is 1. The zero-order chi connectivity index (χ0) is 14.1. The standard InChI is InChI=1S/C15H15NO4/c1-9-8-20-10(2)14(9)15(17)16-11-3-4-12-13(7-11)19-6-5-18-12/h3-4,7-8H,5-6H2,1-2H3,(H,16,17). The molecule has 1 N–H and O–H groups in total. The highest BCUT2D eigenvalue weighted by Crippen LogP contribution is 2.32. The second kappa shape index (κ2) is 4.92. The Labute approximate surface area is 116 Å². The van der Waals surface area contributed by atoms with Crippen LogP contribution in [0.1, 0.15) is 21.7 Å². The molecule has 0 aliphatic carbocycles. The minimum atomic E-state index is -0.189. The van der Waals surface area contributed by atoms with Crippen molar-refractivity contribution in [1.29, 1.82) is 0 Å². The number of hydrogen-bond donors (Lipinski definition) is 1. The molecule has 1 amide bonds. The van der Waals surface area contributed by atoms with E-state index in [1.807, 2.05) is 6.92 Å². The van der Waals surface area contributed by atoms with Crippen molar-refractivity contribution in [2.75, 3.05) is 18.5 Å². The average Bonchev–Trinajstić information content (AvgIpc) is 2.78. The molecule has 0 radical (unpaired) electrons. The van der Waals surface area contributed by atoms with Crippen LogP contribution in [-0.2, 0) is 0 Å². The summed E-state index contributed by atoms with van der Waals surface area (Å²) >= 11 is 0. The predicted molar refractivity (Wildman–Crippen MR) is 73.6 cm³/mol. The number of ether oxygens (including phenoxy) is 2. The van der Waals surface area contributed by atoms with Gasteiger partial charge >= 0.3 is 0 Å². The van der Waals surface area contributed by atoms with E-state index in [1.165, 1.54) is 0 Å². The summed E-state index contributed by atoms with van der Waals surface area (Å²) < 4.78 is 16.2. The normalized spacial score (nSPS) is 13.1. The molecule has 1 aliphatic heterocycles. The van der Waals surface area contributed by atoms with E-state index in [0.717, 1.165) is 5.56 Å². The van der Waals surface area contributed by atoms with Gasteiger partial charge in [-0.2, -0.15) is 0 Å². The second-order valence-corrected chi connectivity index (χ2v) is 4.66. The van der Waals surface area contributed by atoms with Gasteiger partial charge in [-0.3, -0.25) is 4.79 Å². The first-order valence-corrected chi connectivity index (χ1v) is 6.41. The SMILES string of the molecule is Cc1coc(C)c1C(=O)Nc1ccc2c(c1)OCCO2. The van der Waals surface area contributed by atoms with Crippen LogP contribution in [0.15, 0.2) is 28.9 Å². The van der Waals surface area contributed by atoms with Gasteiger partial charge in [0.25, 0.3) is 5.91 Å². The van der Waals surface area contributed by atoms with Gasteiger partial charge in [-0.25, -0.2) is 0 Å². The van der Waals surface area contributed by atoms with Crippen LogP contribution in [0.4, 0.5) is 5.69 Å². The van der Waals surface area contributed by atoms with Crippen molar-refractivity contribution in [2.24, 2.45) is 0 Å². The molecule has 0 unspecified atom stereocenters. The monoisotopic (exact) mass is 273 g/mol. The van der Waals surface area contributed by atoms with Crippen molar-refractivity contribution in [2.45, 2.75) is 13.8 Å². The van der Waals surface area contributed by atoms with Gasteiger partial charge in [0.1, 0.15) is 19.0 Å². The van der Waals surface area contributed by atoms with Gasteiger partial charge in [-0.05, 0) is 26.0 Å². The molecule has 0 bridgehead atoms. The van der Waals surface area contributed by atoms with Gasteiger partial charge in [0.15, 0.2) is 11.5 Å². The largest absolute Gasteiger partial charge is 0.486 e. The third-order valence-corrected chi connectivity index (χ3v) is 3.19.